The molecule has 2 heterocycles. The molecule has 8 heteroatoms. The van der Waals surface area contributed by atoms with Crippen LogP contribution in [-0.2, 0) is 26.0 Å². The summed E-state index contributed by atoms with van der Waals surface area (Å²) in [6, 6.07) is 0. The summed E-state index contributed by atoms with van der Waals surface area (Å²) in [5.41, 5.74) is -0.0171. The number of nitrogens with zero attached hydrogens (tertiary/aromatic N) is 3. The Balaban J connectivity index is 1.83. The lowest BCUT2D eigenvalue weighted by Gasteiger charge is -2.32. The molecule has 2 fully saturated rings. The van der Waals surface area contributed by atoms with E-state index in [1.165, 1.54) is 4.68 Å². The van der Waals surface area contributed by atoms with Crippen LogP contribution in [0.2, 0.25) is 0 Å². The molecule has 1 aromatic rings. The molecule has 0 spiro atoms. The first kappa shape index (κ1) is 14.5. The summed E-state index contributed by atoms with van der Waals surface area (Å²) in [7, 11) is -0.363. The number of rotatable bonds is 4. The molecule has 1 aromatic heterocycles. The number of carbonyl (C=O) groups is 1. The Hall–Kier alpha value is -1.41. The highest BCUT2D eigenvalue weighted by atomic mass is 16.7. The van der Waals surface area contributed by atoms with Crippen molar-refractivity contribution in [1.29, 1.82) is 0 Å². The van der Waals surface area contributed by atoms with Crippen molar-refractivity contribution in [2.24, 2.45) is 0 Å². The highest BCUT2D eigenvalue weighted by Crippen LogP contribution is 2.54. The summed E-state index contributed by atoms with van der Waals surface area (Å²) in [4.78, 5) is 10.7. The lowest BCUT2D eigenvalue weighted by molar-refractivity contribution is -0.137. The summed E-state index contributed by atoms with van der Waals surface area (Å²) in [6.07, 6.45) is 3.51. The molecule has 21 heavy (non-hydrogen) atoms. The highest BCUT2D eigenvalue weighted by Gasteiger charge is 2.66. The van der Waals surface area contributed by atoms with Gasteiger partial charge >= 0.3 is 13.1 Å². The summed E-state index contributed by atoms with van der Waals surface area (Å²) in [5, 5.41) is 16.5. The van der Waals surface area contributed by atoms with Crippen LogP contribution in [0.15, 0.2) is 6.20 Å². The maximum atomic E-state index is 10.7. The van der Waals surface area contributed by atoms with Crippen LogP contribution < -0.4 is 0 Å². The molecule has 0 radical (unpaired) electrons. The lowest BCUT2D eigenvalue weighted by Crippen LogP contribution is -2.41. The van der Waals surface area contributed by atoms with Gasteiger partial charge < -0.3 is 14.4 Å². The minimum absolute atomic E-state index is 0.188. The molecule has 1 aliphatic heterocycles. The Labute approximate surface area is 123 Å². The van der Waals surface area contributed by atoms with Crippen molar-refractivity contribution < 1.29 is 19.2 Å². The van der Waals surface area contributed by atoms with Gasteiger partial charge in [-0.2, -0.15) is 0 Å². The fraction of sp³-hybridized carbons (Fsp3) is 0.769. The number of aromatic nitrogens is 3. The van der Waals surface area contributed by atoms with Crippen molar-refractivity contribution in [2.75, 3.05) is 0 Å². The smallest absolute Gasteiger partial charge is 0.470 e. The maximum absolute atomic E-state index is 10.7. The van der Waals surface area contributed by atoms with E-state index >= 15 is 0 Å². The normalized spacial score (nSPS) is 25.0. The van der Waals surface area contributed by atoms with Crippen LogP contribution in [0.3, 0.4) is 0 Å². The van der Waals surface area contributed by atoms with Gasteiger partial charge in [-0.15, -0.1) is 5.10 Å². The zero-order valence-electron chi connectivity index (χ0n) is 12.8. The van der Waals surface area contributed by atoms with Gasteiger partial charge in [0.15, 0.2) is 0 Å². The van der Waals surface area contributed by atoms with Crippen molar-refractivity contribution in [1.82, 2.24) is 15.0 Å². The molecule has 1 saturated carbocycles. The molecule has 1 aliphatic carbocycles. The van der Waals surface area contributed by atoms with E-state index in [9.17, 15) is 4.79 Å². The second-order valence-electron chi connectivity index (χ2n) is 6.94. The zero-order valence-corrected chi connectivity index (χ0v) is 12.8. The average molecular weight is 293 g/mol. The van der Waals surface area contributed by atoms with Crippen molar-refractivity contribution in [3.8, 4) is 0 Å². The van der Waals surface area contributed by atoms with Crippen molar-refractivity contribution in [3.05, 3.63) is 11.9 Å². The van der Waals surface area contributed by atoms with E-state index in [0.29, 0.717) is 0 Å². The third-order valence-corrected chi connectivity index (χ3v) is 4.84. The largest absolute Gasteiger partial charge is 0.480 e. The Morgan fingerprint density at radius 2 is 1.90 bits per heavy atom. The Bertz CT molecular complexity index is 564. The van der Waals surface area contributed by atoms with Crippen LogP contribution in [0.1, 0.15) is 46.2 Å². The van der Waals surface area contributed by atoms with Crippen LogP contribution in [0.4, 0.5) is 0 Å². The highest BCUT2D eigenvalue weighted by molar-refractivity contribution is 6.51. The molecule has 1 saturated heterocycles. The molecule has 114 valence electrons. The Kier molecular flexibility index (Phi) is 2.97. The van der Waals surface area contributed by atoms with Crippen LogP contribution >= 0.6 is 0 Å². The number of carboxylic acids is 1. The summed E-state index contributed by atoms with van der Waals surface area (Å²) >= 11 is 0. The average Bonchev–Trinajstić information content (AvgIpc) is 2.96. The number of hydrogen-bond donors (Lipinski definition) is 1. The molecular formula is C13H20BN3O4. The van der Waals surface area contributed by atoms with Crippen molar-refractivity contribution >= 4 is 13.1 Å². The minimum Gasteiger partial charge on any atom is -0.480 e. The molecule has 3 rings (SSSR count). The molecule has 0 atom stereocenters. The van der Waals surface area contributed by atoms with Crippen LogP contribution in [0.25, 0.3) is 0 Å². The van der Waals surface area contributed by atoms with E-state index in [-0.39, 0.29) is 30.2 Å². The standard InChI is InChI=1S/C13H20BN3O4/c1-11(2)12(3,4)21-14(20-11)13(5-6-13)9-7-17(16-15-9)8-10(18)19/h7H,5-6,8H2,1-4H3,(H,18,19). The second kappa shape index (κ2) is 4.30. The molecule has 7 nitrogen and oxygen atoms in total. The SMILES string of the molecule is CC1(C)OB(C2(c3cn(CC(=O)O)nn3)CC2)OC1(C)C. The molecule has 2 aliphatic rings. The minimum atomic E-state index is -0.938. The van der Waals surface area contributed by atoms with Crippen molar-refractivity contribution in [2.45, 2.75) is 63.6 Å². The molecule has 1 N–H and O–H groups in total. The fourth-order valence-corrected chi connectivity index (χ4v) is 2.56. The number of aliphatic carboxylic acids is 1. The van der Waals surface area contributed by atoms with E-state index in [0.717, 1.165) is 18.5 Å². The van der Waals surface area contributed by atoms with E-state index < -0.39 is 5.97 Å². The van der Waals surface area contributed by atoms with Gasteiger partial charge in [0.05, 0.1) is 22.2 Å². The van der Waals surface area contributed by atoms with Gasteiger partial charge in [-0.3, -0.25) is 4.79 Å². The van der Waals surface area contributed by atoms with Crippen LogP contribution in [0.5, 0.6) is 0 Å². The molecule has 0 bridgehead atoms. The molecule has 0 aromatic carbocycles. The first-order chi connectivity index (χ1) is 9.66. The monoisotopic (exact) mass is 293 g/mol. The summed E-state index contributed by atoms with van der Waals surface area (Å²) in [5.74, 6) is -0.938. The quantitative estimate of drug-likeness (QED) is 0.834. The van der Waals surface area contributed by atoms with E-state index in [2.05, 4.69) is 10.3 Å². The maximum Gasteiger partial charge on any atom is 0.470 e. The first-order valence-corrected chi connectivity index (χ1v) is 7.14. The van der Waals surface area contributed by atoms with E-state index in [1.54, 1.807) is 6.20 Å². The third kappa shape index (κ3) is 2.26. The number of hydrogen-bond acceptors (Lipinski definition) is 5. The lowest BCUT2D eigenvalue weighted by atomic mass is 9.66. The summed E-state index contributed by atoms with van der Waals surface area (Å²) in [6.45, 7) is 7.88. The predicted molar refractivity (Wildman–Crippen MR) is 74.7 cm³/mol. The van der Waals surface area contributed by atoms with Gasteiger partial charge in [-0.25, -0.2) is 4.68 Å². The fourth-order valence-electron chi connectivity index (χ4n) is 2.56. The van der Waals surface area contributed by atoms with Gasteiger partial charge in [0.25, 0.3) is 0 Å². The van der Waals surface area contributed by atoms with Gasteiger partial charge in [0.1, 0.15) is 6.54 Å². The topological polar surface area (TPSA) is 86.5 Å². The third-order valence-electron chi connectivity index (χ3n) is 4.84. The van der Waals surface area contributed by atoms with Crippen LogP contribution in [-0.4, -0.2) is 44.4 Å². The van der Waals surface area contributed by atoms with E-state index in [4.69, 9.17) is 14.4 Å². The Morgan fingerprint density at radius 3 is 2.38 bits per heavy atom. The number of carboxylic acid groups (broad SMARTS) is 1. The zero-order chi connectivity index (χ0) is 15.5. The van der Waals surface area contributed by atoms with Crippen LogP contribution in [0, 0.1) is 0 Å². The van der Waals surface area contributed by atoms with Gasteiger partial charge in [-0.05, 0) is 40.5 Å². The van der Waals surface area contributed by atoms with E-state index in [1.807, 2.05) is 27.7 Å². The first-order valence-electron chi connectivity index (χ1n) is 7.14. The molecular weight excluding hydrogens is 273 g/mol. The molecule has 0 amide bonds. The Morgan fingerprint density at radius 1 is 1.33 bits per heavy atom. The van der Waals surface area contributed by atoms with Gasteiger partial charge in [0, 0.05) is 6.20 Å². The summed E-state index contributed by atoms with van der Waals surface area (Å²) < 4.78 is 13.6. The van der Waals surface area contributed by atoms with Crippen molar-refractivity contribution in [3.63, 3.8) is 0 Å². The van der Waals surface area contributed by atoms with Gasteiger partial charge in [0.2, 0.25) is 0 Å². The molecule has 0 unspecified atom stereocenters. The second-order valence-corrected chi connectivity index (χ2v) is 6.94. The van der Waals surface area contributed by atoms with Gasteiger partial charge in [-0.1, -0.05) is 5.21 Å². The predicted octanol–water partition coefficient (Wildman–Crippen LogP) is 1.03.